The van der Waals surface area contributed by atoms with E-state index < -0.39 is 21.4 Å². The minimum atomic E-state index is -1.33. The highest BCUT2D eigenvalue weighted by Crippen LogP contribution is 2.56. The summed E-state index contributed by atoms with van der Waals surface area (Å²) < 4.78 is 32.0. The van der Waals surface area contributed by atoms with Crippen molar-refractivity contribution < 1.29 is 8.94 Å². The summed E-state index contributed by atoms with van der Waals surface area (Å²) in [5.41, 5.74) is 0.623. The highest BCUT2D eigenvalue weighted by Gasteiger charge is 2.28. The first-order chi connectivity index (χ1) is 11.3. The van der Waals surface area contributed by atoms with Crippen LogP contribution in [0.1, 0.15) is 53.2 Å². The molecule has 0 bridgehead atoms. The van der Waals surface area contributed by atoms with Gasteiger partial charge < -0.3 is 4.55 Å². The molecule has 0 fully saturated rings. The minimum Gasteiger partial charge on any atom is -0.591 e. The predicted octanol–water partition coefficient (Wildman–Crippen LogP) is 5.48. The zero-order valence-electron chi connectivity index (χ0n) is 15.2. The summed E-state index contributed by atoms with van der Waals surface area (Å²) in [5.74, 6) is 3.01. The number of pyridine rings is 1. The molecule has 0 aliphatic rings. The molecule has 3 nitrogen and oxygen atoms in total. The number of halogens is 2. The van der Waals surface area contributed by atoms with Crippen molar-refractivity contribution >= 4 is 43.0 Å². The summed E-state index contributed by atoms with van der Waals surface area (Å²) >= 11 is 2.08. The third-order valence-electron chi connectivity index (χ3n) is 4.27. The van der Waals surface area contributed by atoms with E-state index in [0.717, 1.165) is 35.0 Å². The molecule has 0 aromatic carbocycles. The molecule has 138 valence electrons. The number of nitrogens with zero attached hydrogens (tertiary/aromatic N) is 2. The normalized spacial score (nSPS) is 14.8. The first-order valence-electron chi connectivity index (χ1n) is 8.41. The lowest BCUT2D eigenvalue weighted by atomic mass is 10.2. The Morgan fingerprint density at radius 2 is 1.88 bits per heavy atom. The van der Waals surface area contributed by atoms with Crippen molar-refractivity contribution in [1.82, 2.24) is 4.98 Å². The monoisotopic (exact) mass is 438 g/mol. The Morgan fingerprint density at radius 3 is 2.38 bits per heavy atom. The Bertz CT molecular complexity index is 572. The van der Waals surface area contributed by atoms with Crippen LogP contribution >= 0.6 is 26.0 Å². The van der Waals surface area contributed by atoms with E-state index in [4.69, 9.17) is 0 Å². The molecule has 1 atom stereocenters. The average Bonchev–Trinajstić information content (AvgIpc) is 2.57. The van der Waals surface area contributed by atoms with Crippen molar-refractivity contribution in [2.24, 2.45) is 4.40 Å². The molecule has 0 unspecified atom stereocenters. The number of hydrogen-bond acceptors (Lipinski definition) is 3. The Hall–Kier alpha value is -0.110. The number of aromatic nitrogens is 1. The lowest BCUT2D eigenvalue weighted by Gasteiger charge is -2.38. The van der Waals surface area contributed by atoms with Crippen LogP contribution in [0.4, 0.5) is 4.39 Å². The molecule has 7 heteroatoms. The smallest absolute Gasteiger partial charge is 0.163 e. The maximum Gasteiger partial charge on any atom is 0.163 e. The van der Waals surface area contributed by atoms with E-state index in [1.807, 2.05) is 13.0 Å². The average molecular weight is 439 g/mol. The van der Waals surface area contributed by atoms with E-state index in [1.54, 1.807) is 6.92 Å². The van der Waals surface area contributed by atoms with Gasteiger partial charge in [0.25, 0.3) is 0 Å². The van der Waals surface area contributed by atoms with E-state index in [2.05, 4.69) is 46.1 Å². The van der Waals surface area contributed by atoms with Gasteiger partial charge in [0.2, 0.25) is 0 Å². The third kappa shape index (κ3) is 5.19. The van der Waals surface area contributed by atoms with Gasteiger partial charge in [-0.15, -0.1) is 0 Å². The number of rotatable bonds is 9. The van der Waals surface area contributed by atoms with Gasteiger partial charge in [-0.3, -0.25) is 0 Å². The fourth-order valence-corrected chi connectivity index (χ4v) is 7.19. The molecule has 24 heavy (non-hydrogen) atoms. The topological polar surface area (TPSA) is 48.3 Å². The van der Waals surface area contributed by atoms with E-state index in [-0.39, 0.29) is 11.5 Å². The fourth-order valence-electron chi connectivity index (χ4n) is 2.62. The van der Waals surface area contributed by atoms with Gasteiger partial charge in [0.1, 0.15) is 21.8 Å². The summed E-state index contributed by atoms with van der Waals surface area (Å²) in [4.78, 5) is 5.02. The van der Waals surface area contributed by atoms with Crippen molar-refractivity contribution in [1.29, 1.82) is 0 Å². The van der Waals surface area contributed by atoms with Crippen molar-refractivity contribution in [2.75, 3.05) is 23.0 Å². The molecule has 1 heterocycles. The molecule has 0 spiro atoms. The van der Waals surface area contributed by atoms with E-state index in [0.29, 0.717) is 16.1 Å². The molecule has 0 amide bonds. The van der Waals surface area contributed by atoms with Crippen molar-refractivity contribution in [3.05, 3.63) is 22.2 Å². The summed E-state index contributed by atoms with van der Waals surface area (Å²) in [6.07, 6.45) is 1.81. The van der Waals surface area contributed by atoms with Crippen molar-refractivity contribution in [3.8, 4) is 0 Å². The van der Waals surface area contributed by atoms with Crippen molar-refractivity contribution in [3.63, 3.8) is 0 Å². The summed E-state index contributed by atoms with van der Waals surface area (Å²) in [5, 5.41) is 0. The van der Waals surface area contributed by atoms with Gasteiger partial charge in [-0.2, -0.15) is 0 Å². The van der Waals surface area contributed by atoms with Gasteiger partial charge in [-0.05, 0) is 52.6 Å². The first kappa shape index (κ1) is 21.9. The zero-order valence-corrected chi connectivity index (χ0v) is 18.4. The fraction of sp³-hybridized carbons (Fsp3) is 0.647. The molecule has 0 radical (unpaired) electrons. The second kappa shape index (κ2) is 10.1. The maximum absolute atomic E-state index is 15.2. The van der Waals surface area contributed by atoms with Gasteiger partial charge in [0.15, 0.2) is 5.82 Å². The summed E-state index contributed by atoms with van der Waals surface area (Å²) in [6.45, 7) is 10.1. The lowest BCUT2D eigenvalue weighted by molar-refractivity contribution is 0.588. The highest BCUT2D eigenvalue weighted by atomic mass is 79.9. The SMILES string of the molecule is CCCC[S@@+]([O-])/N=C(\C)c1nc(Br)cc(S(CC)(CC)CC)c1F. The predicted molar refractivity (Wildman–Crippen MR) is 110 cm³/mol. The van der Waals surface area contributed by atoms with Crippen molar-refractivity contribution in [2.45, 2.75) is 52.4 Å². The van der Waals surface area contributed by atoms with Crippen LogP contribution in [-0.2, 0) is 11.4 Å². The maximum atomic E-state index is 15.2. The second-order valence-corrected chi connectivity index (χ2v) is 11.9. The Balaban J connectivity index is 3.34. The molecule has 0 aliphatic carbocycles. The Labute approximate surface area is 158 Å². The van der Waals surface area contributed by atoms with Crippen LogP contribution in [0.25, 0.3) is 0 Å². The molecular formula is C17H28BrFN2OS2. The Kier molecular flexibility index (Phi) is 9.27. The first-order valence-corrected chi connectivity index (χ1v) is 12.6. The van der Waals surface area contributed by atoms with E-state index in [1.165, 1.54) is 0 Å². The van der Waals surface area contributed by atoms with Crippen LogP contribution < -0.4 is 0 Å². The minimum absolute atomic E-state index is 0.219. The lowest BCUT2D eigenvalue weighted by Crippen LogP contribution is -2.16. The summed E-state index contributed by atoms with van der Waals surface area (Å²) in [6, 6.07) is 1.81. The quantitative estimate of drug-likeness (QED) is 0.291. The number of hydrogen-bond donors (Lipinski definition) is 0. The van der Waals surface area contributed by atoms with Crippen LogP contribution in [0.5, 0.6) is 0 Å². The van der Waals surface area contributed by atoms with Crippen LogP contribution in [0.3, 0.4) is 0 Å². The van der Waals surface area contributed by atoms with Crippen LogP contribution in [-0.4, -0.2) is 38.3 Å². The highest BCUT2D eigenvalue weighted by molar-refractivity contribution is 9.10. The van der Waals surface area contributed by atoms with Gasteiger partial charge in [-0.25, -0.2) is 19.4 Å². The molecular weight excluding hydrogens is 411 g/mol. The second-order valence-electron chi connectivity index (χ2n) is 5.57. The molecule has 0 saturated carbocycles. The molecule has 1 aromatic heterocycles. The van der Waals surface area contributed by atoms with Gasteiger partial charge in [0.05, 0.1) is 11.4 Å². The van der Waals surface area contributed by atoms with Crippen LogP contribution in [0.15, 0.2) is 20.0 Å². The molecule has 0 aliphatic heterocycles. The van der Waals surface area contributed by atoms with Crippen LogP contribution in [0, 0.1) is 5.82 Å². The van der Waals surface area contributed by atoms with Crippen LogP contribution in [0.2, 0.25) is 0 Å². The van der Waals surface area contributed by atoms with Gasteiger partial charge >= 0.3 is 0 Å². The van der Waals surface area contributed by atoms with Gasteiger partial charge in [-0.1, -0.05) is 38.5 Å². The molecule has 1 aromatic rings. The Morgan fingerprint density at radius 1 is 1.29 bits per heavy atom. The van der Waals surface area contributed by atoms with Gasteiger partial charge in [0, 0.05) is 4.90 Å². The molecule has 0 saturated heterocycles. The third-order valence-corrected chi connectivity index (χ3v) is 10.3. The summed E-state index contributed by atoms with van der Waals surface area (Å²) in [7, 11) is -1.22. The zero-order chi connectivity index (χ0) is 18.3. The molecule has 0 N–H and O–H groups in total. The van der Waals surface area contributed by atoms with E-state index >= 15 is 4.39 Å². The van der Waals surface area contributed by atoms with E-state index in [9.17, 15) is 4.55 Å². The molecule has 1 rings (SSSR count). The number of unbranched alkanes of at least 4 members (excludes halogenated alkanes) is 1. The standard InChI is InChI=1S/C17H28BrFN2OS2/c1-6-10-11-23(22)21-13(5)17-16(19)14(12-15(18)20-17)24(7-2,8-3)9-4/h12H,6-11H2,1-5H3/b21-13+/t23-/m1/s1. The largest absolute Gasteiger partial charge is 0.591 e.